The summed E-state index contributed by atoms with van der Waals surface area (Å²) >= 11 is 6.32. The summed E-state index contributed by atoms with van der Waals surface area (Å²) in [6.07, 6.45) is 6.28. The Bertz CT molecular complexity index is 1760. The Balaban J connectivity index is 1.63. The molecule has 240 valence electrons. The Morgan fingerprint density at radius 3 is 2.20 bits per heavy atom. The number of hydrogen-bond donors (Lipinski definition) is 7. The van der Waals surface area contributed by atoms with Crippen molar-refractivity contribution in [2.45, 2.75) is 71.6 Å². The van der Waals surface area contributed by atoms with E-state index in [2.05, 4.69) is 33.2 Å². The van der Waals surface area contributed by atoms with Crippen molar-refractivity contribution in [3.05, 3.63) is 60.5 Å². The van der Waals surface area contributed by atoms with Gasteiger partial charge in [0.05, 0.1) is 6.04 Å². The molecule has 0 spiro atoms. The van der Waals surface area contributed by atoms with E-state index in [0.29, 0.717) is 12.1 Å². The fraction of sp³-hybridized carbons (Fsp3) is 0.455. The molecule has 10 nitrogen and oxygen atoms in total. The third kappa shape index (κ3) is 6.81. The minimum absolute atomic E-state index is 0.00645. The summed E-state index contributed by atoms with van der Waals surface area (Å²) in [6.45, 7) is 9.75. The van der Waals surface area contributed by atoms with Gasteiger partial charge in [0, 0.05) is 79.9 Å². The molecule has 5 heterocycles. The van der Waals surface area contributed by atoms with Crippen molar-refractivity contribution in [1.29, 1.82) is 0 Å². The van der Waals surface area contributed by atoms with E-state index < -0.39 is 11.9 Å². The van der Waals surface area contributed by atoms with Gasteiger partial charge in [-0.1, -0.05) is 20.8 Å². The topological polar surface area (TPSA) is 164 Å². The van der Waals surface area contributed by atoms with E-state index in [9.17, 15) is 29.4 Å². The average Bonchev–Trinajstić information content (AvgIpc) is 3.52. The number of allylic oxidation sites excluding steroid dienone is 1. The summed E-state index contributed by atoms with van der Waals surface area (Å²) < 4.78 is 0. The van der Waals surface area contributed by atoms with Crippen LogP contribution >= 0.6 is 24.4 Å². The number of thiol groups is 1. The van der Waals surface area contributed by atoms with Crippen molar-refractivity contribution < 1.29 is 29.4 Å². The lowest BCUT2D eigenvalue weighted by molar-refractivity contribution is -0.138. The molecule has 5 atom stereocenters. The first kappa shape index (κ1) is 32.7. The van der Waals surface area contributed by atoms with Crippen molar-refractivity contribution in [3.8, 4) is 0 Å². The first-order valence-corrected chi connectivity index (χ1v) is 16.7. The van der Waals surface area contributed by atoms with Gasteiger partial charge in [-0.3, -0.25) is 19.2 Å². The maximum Gasteiger partial charge on any atom is 0.303 e. The largest absolute Gasteiger partial charge is 0.481 e. The van der Waals surface area contributed by atoms with Gasteiger partial charge in [-0.25, -0.2) is 0 Å². The Morgan fingerprint density at radius 1 is 0.956 bits per heavy atom. The van der Waals surface area contributed by atoms with Crippen LogP contribution in [0.25, 0.3) is 18.2 Å². The van der Waals surface area contributed by atoms with E-state index in [-0.39, 0.29) is 60.1 Å². The number of carbonyl (C=O) groups excluding carboxylic acids is 2. The van der Waals surface area contributed by atoms with Crippen LogP contribution in [0.2, 0.25) is 0 Å². The van der Waals surface area contributed by atoms with E-state index in [1.165, 1.54) is 0 Å². The average molecular weight is 653 g/mol. The van der Waals surface area contributed by atoms with Gasteiger partial charge in [0.15, 0.2) is 0 Å². The third-order valence-electron chi connectivity index (χ3n) is 9.24. The van der Waals surface area contributed by atoms with Crippen molar-refractivity contribution in [1.82, 2.24) is 20.6 Å². The van der Waals surface area contributed by atoms with Gasteiger partial charge in [-0.15, -0.1) is 11.8 Å². The zero-order valence-electron chi connectivity index (χ0n) is 26.0. The number of thioether (sulfide) groups is 1. The molecule has 6 N–H and O–H groups in total. The number of hydrogen-bond acceptors (Lipinski definition) is 6. The van der Waals surface area contributed by atoms with Crippen LogP contribution in [0.4, 0.5) is 0 Å². The Morgan fingerprint density at radius 2 is 1.60 bits per heavy atom. The lowest BCUT2D eigenvalue weighted by Crippen LogP contribution is -2.28. The molecule has 2 amide bonds. The predicted octanol–water partition coefficient (Wildman–Crippen LogP) is 2.78. The number of aromatic amines is 2. The molecule has 0 saturated carbocycles. The molecule has 0 bridgehead atoms. The van der Waals surface area contributed by atoms with Crippen LogP contribution in [-0.4, -0.2) is 61.0 Å². The van der Waals surface area contributed by atoms with Gasteiger partial charge in [0.1, 0.15) is 0 Å². The standard InChI is InChI=1S/C33H40N4O6S2/c1-14-19(6-8-28(38)39)24(34-21(14)10-23-16(3)31(27-13-45-27)33(43)36-23)12-25-20(7-9-29(40)41)15(2)22(35-25)11-26-30(18(5)44)17(4)32(42)37-26/h10-12,16-18,23,30,34-35,44H,6-9,13H2,1-5H3,(H,36,43)(H,37,42)(H,38,39)(H,40,41)/b21-10+,24-12+,26-11-,31-27+/t16?,17-,18+,23-,30+/m1/s1. The first-order valence-electron chi connectivity index (χ1n) is 15.2. The molecular weight excluding hydrogens is 613 g/mol. The summed E-state index contributed by atoms with van der Waals surface area (Å²) in [5.41, 5.74) is 6.51. The van der Waals surface area contributed by atoms with Crippen LogP contribution in [0.15, 0.2) is 16.2 Å². The fourth-order valence-electron chi connectivity index (χ4n) is 6.58. The number of rotatable bonds is 10. The second-order valence-electron chi connectivity index (χ2n) is 12.3. The summed E-state index contributed by atoms with van der Waals surface area (Å²) in [6, 6.07) is -0.206. The van der Waals surface area contributed by atoms with E-state index in [0.717, 1.165) is 60.6 Å². The second kappa shape index (κ2) is 13.0. The monoisotopic (exact) mass is 652 g/mol. The SMILES string of the molecule is Cc1c(/C=C2\NC(=O)[C@H](C)[C@H]2[C@H](C)S)[nH]c(/C=c2/[nH]/c(=C/[C@H]3NC(=O)/C(=C4\CS4)C3C)c(C)c2CCC(=O)O)c1CCC(=O)O. The molecule has 2 aromatic heterocycles. The van der Waals surface area contributed by atoms with Crippen molar-refractivity contribution in [3.63, 3.8) is 0 Å². The van der Waals surface area contributed by atoms with E-state index >= 15 is 0 Å². The number of H-pyrrole nitrogens is 2. The number of carboxylic acids is 2. The van der Waals surface area contributed by atoms with Gasteiger partial charge in [-0.2, -0.15) is 12.6 Å². The number of aliphatic carboxylic acids is 2. The highest BCUT2D eigenvalue weighted by atomic mass is 32.2. The number of aromatic nitrogens is 2. The molecule has 5 rings (SSSR count). The second-order valence-corrected chi connectivity index (χ2v) is 14.2. The molecule has 0 aromatic carbocycles. The Kier molecular flexibility index (Phi) is 9.46. The highest BCUT2D eigenvalue weighted by Gasteiger charge is 2.39. The maximum atomic E-state index is 12.7. The summed E-state index contributed by atoms with van der Waals surface area (Å²) in [7, 11) is 0. The lowest BCUT2D eigenvalue weighted by Gasteiger charge is -2.17. The van der Waals surface area contributed by atoms with Gasteiger partial charge in [-0.05, 0) is 67.2 Å². The van der Waals surface area contributed by atoms with Crippen molar-refractivity contribution in [2.75, 3.05) is 5.75 Å². The molecule has 1 unspecified atom stereocenters. The fourth-order valence-corrected chi connectivity index (χ4v) is 7.66. The Labute approximate surface area is 271 Å². The minimum Gasteiger partial charge on any atom is -0.481 e. The van der Waals surface area contributed by atoms with Gasteiger partial charge < -0.3 is 30.8 Å². The molecule has 45 heavy (non-hydrogen) atoms. The maximum absolute atomic E-state index is 12.7. The van der Waals surface area contributed by atoms with E-state index in [1.807, 2.05) is 52.8 Å². The van der Waals surface area contributed by atoms with Crippen LogP contribution < -0.4 is 21.3 Å². The zero-order chi connectivity index (χ0) is 32.7. The molecular formula is C33H40N4O6S2. The quantitative estimate of drug-likeness (QED) is 0.118. The minimum atomic E-state index is -0.913. The van der Waals surface area contributed by atoms with Crippen LogP contribution in [0, 0.1) is 31.6 Å². The smallest absolute Gasteiger partial charge is 0.303 e. The highest BCUT2D eigenvalue weighted by Crippen LogP contribution is 2.43. The van der Waals surface area contributed by atoms with Gasteiger partial charge in [0.25, 0.3) is 0 Å². The predicted molar refractivity (Wildman–Crippen MR) is 178 cm³/mol. The highest BCUT2D eigenvalue weighted by molar-refractivity contribution is 8.11. The first-order chi connectivity index (χ1) is 21.3. The van der Waals surface area contributed by atoms with Crippen molar-refractivity contribution >= 4 is 66.4 Å². The molecule has 3 saturated heterocycles. The Hall–Kier alpha value is -3.64. The number of amides is 2. The number of nitrogens with one attached hydrogen (secondary N) is 4. The molecule has 0 aliphatic carbocycles. The summed E-state index contributed by atoms with van der Waals surface area (Å²) in [4.78, 5) is 56.4. The van der Waals surface area contributed by atoms with Crippen LogP contribution in [0.5, 0.6) is 0 Å². The van der Waals surface area contributed by atoms with Crippen LogP contribution in [0.3, 0.4) is 0 Å². The third-order valence-corrected chi connectivity index (χ3v) is 10.4. The van der Waals surface area contributed by atoms with E-state index in [4.69, 9.17) is 0 Å². The zero-order valence-corrected chi connectivity index (χ0v) is 27.7. The molecule has 12 heteroatoms. The lowest BCUT2D eigenvalue weighted by atomic mass is 9.91. The summed E-state index contributed by atoms with van der Waals surface area (Å²) in [5, 5.41) is 26.5. The molecule has 3 fully saturated rings. The van der Waals surface area contributed by atoms with Gasteiger partial charge >= 0.3 is 11.9 Å². The van der Waals surface area contributed by atoms with Crippen LogP contribution in [-0.2, 0) is 32.0 Å². The van der Waals surface area contributed by atoms with E-state index in [1.54, 1.807) is 11.8 Å². The molecule has 3 aliphatic rings. The van der Waals surface area contributed by atoms with Crippen molar-refractivity contribution in [2.24, 2.45) is 17.8 Å². The molecule has 0 radical (unpaired) electrons. The molecule has 3 aliphatic heterocycles. The van der Waals surface area contributed by atoms with Gasteiger partial charge in [0.2, 0.25) is 11.8 Å². The van der Waals surface area contributed by atoms with Crippen LogP contribution in [0.1, 0.15) is 67.3 Å². The summed E-state index contributed by atoms with van der Waals surface area (Å²) in [5.74, 6) is -1.36. The number of carbonyl (C=O) groups is 4. The molecule has 2 aromatic rings. The normalized spacial score (nSPS) is 26.9. The number of carboxylic acid groups (broad SMARTS) is 2.